The average molecular weight is 361 g/mol. The number of rotatable bonds is 8. The van der Waals surface area contributed by atoms with E-state index in [2.05, 4.69) is 46.5 Å². The number of hydrogen-bond acceptors (Lipinski definition) is 3. The Labute approximate surface area is 159 Å². The van der Waals surface area contributed by atoms with Crippen LogP contribution in [0.4, 0.5) is 0 Å². The number of nitrogens with one attached hydrogen (secondary N) is 2. The van der Waals surface area contributed by atoms with Crippen LogP contribution in [0.3, 0.4) is 0 Å². The lowest BCUT2D eigenvalue weighted by molar-refractivity contribution is 0.183. The molecule has 0 spiro atoms. The highest BCUT2D eigenvalue weighted by Crippen LogP contribution is 2.21. The van der Waals surface area contributed by atoms with Crippen molar-refractivity contribution in [2.24, 2.45) is 10.9 Å². The van der Waals surface area contributed by atoms with Crippen LogP contribution in [0.15, 0.2) is 29.3 Å². The summed E-state index contributed by atoms with van der Waals surface area (Å²) in [6.45, 7) is 10.1. The molecule has 2 N–H and O–H groups in total. The summed E-state index contributed by atoms with van der Waals surface area (Å²) in [7, 11) is 3.55. The molecule has 146 valence electrons. The van der Waals surface area contributed by atoms with E-state index in [0.29, 0.717) is 5.92 Å². The van der Waals surface area contributed by atoms with Crippen LogP contribution in [-0.4, -0.2) is 57.7 Å². The van der Waals surface area contributed by atoms with Crippen molar-refractivity contribution in [2.75, 3.05) is 46.9 Å². The lowest BCUT2D eigenvalue weighted by Crippen LogP contribution is -2.44. The first kappa shape index (κ1) is 20.6. The van der Waals surface area contributed by atoms with Gasteiger partial charge in [-0.3, -0.25) is 4.99 Å². The standard InChI is InChI=1S/C21H36N4O/c1-5-25-14-6-7-18(16-25)15-24-21(22-3)23-13-12-17(2)19-8-10-20(26-4)11-9-19/h8-11,17-18H,5-7,12-16H2,1-4H3,(H2,22,23,24). The minimum Gasteiger partial charge on any atom is -0.497 e. The van der Waals surface area contributed by atoms with Crippen LogP contribution in [0, 0.1) is 5.92 Å². The summed E-state index contributed by atoms with van der Waals surface area (Å²) in [6, 6.07) is 8.37. The zero-order chi connectivity index (χ0) is 18.8. The van der Waals surface area contributed by atoms with Gasteiger partial charge < -0.3 is 20.3 Å². The van der Waals surface area contributed by atoms with Gasteiger partial charge >= 0.3 is 0 Å². The number of hydrogen-bond donors (Lipinski definition) is 2. The highest BCUT2D eigenvalue weighted by molar-refractivity contribution is 5.79. The number of piperidine rings is 1. The molecular weight excluding hydrogens is 324 g/mol. The van der Waals surface area contributed by atoms with E-state index < -0.39 is 0 Å². The van der Waals surface area contributed by atoms with Gasteiger partial charge in [0.25, 0.3) is 0 Å². The van der Waals surface area contributed by atoms with E-state index in [-0.39, 0.29) is 0 Å². The Morgan fingerprint density at radius 3 is 2.73 bits per heavy atom. The van der Waals surface area contributed by atoms with Crippen LogP contribution >= 0.6 is 0 Å². The third-order valence-electron chi connectivity index (χ3n) is 5.39. The molecule has 1 aliphatic heterocycles. The van der Waals surface area contributed by atoms with E-state index in [9.17, 15) is 0 Å². The topological polar surface area (TPSA) is 48.9 Å². The van der Waals surface area contributed by atoms with Crippen LogP contribution in [0.1, 0.15) is 44.6 Å². The molecule has 0 aromatic heterocycles. The van der Waals surface area contributed by atoms with Crippen LogP contribution in [0.25, 0.3) is 0 Å². The Hall–Kier alpha value is -1.75. The number of likely N-dealkylation sites (tertiary alicyclic amines) is 1. The van der Waals surface area contributed by atoms with Gasteiger partial charge in [0.2, 0.25) is 0 Å². The monoisotopic (exact) mass is 360 g/mol. The summed E-state index contributed by atoms with van der Waals surface area (Å²) >= 11 is 0. The fraction of sp³-hybridized carbons (Fsp3) is 0.667. The van der Waals surface area contributed by atoms with Crippen molar-refractivity contribution >= 4 is 5.96 Å². The highest BCUT2D eigenvalue weighted by Gasteiger charge is 2.18. The second-order valence-electron chi connectivity index (χ2n) is 7.24. The zero-order valence-electron chi connectivity index (χ0n) is 16.9. The summed E-state index contributed by atoms with van der Waals surface area (Å²) in [5.41, 5.74) is 1.34. The van der Waals surface area contributed by atoms with Crippen molar-refractivity contribution in [1.29, 1.82) is 0 Å². The maximum Gasteiger partial charge on any atom is 0.190 e. The summed E-state index contributed by atoms with van der Waals surface area (Å²) in [6.07, 6.45) is 3.70. The number of ether oxygens (including phenoxy) is 1. The van der Waals surface area contributed by atoms with E-state index in [1.165, 1.54) is 31.5 Å². The third kappa shape index (κ3) is 6.52. The van der Waals surface area contributed by atoms with Crippen molar-refractivity contribution in [1.82, 2.24) is 15.5 Å². The van der Waals surface area contributed by atoms with Crippen molar-refractivity contribution < 1.29 is 4.74 Å². The highest BCUT2D eigenvalue weighted by atomic mass is 16.5. The summed E-state index contributed by atoms with van der Waals surface area (Å²) < 4.78 is 5.23. The predicted molar refractivity (Wildman–Crippen MR) is 110 cm³/mol. The predicted octanol–water partition coefficient (Wildman–Crippen LogP) is 3.09. The van der Waals surface area contributed by atoms with Crippen molar-refractivity contribution in [3.63, 3.8) is 0 Å². The largest absolute Gasteiger partial charge is 0.497 e. The molecule has 1 heterocycles. The molecule has 1 saturated heterocycles. The molecular formula is C21H36N4O. The molecule has 1 aliphatic rings. The first-order valence-electron chi connectivity index (χ1n) is 9.97. The van der Waals surface area contributed by atoms with E-state index in [1.807, 2.05) is 19.2 Å². The molecule has 0 saturated carbocycles. The Balaban J connectivity index is 1.69. The number of guanidine groups is 1. The Morgan fingerprint density at radius 1 is 1.31 bits per heavy atom. The van der Waals surface area contributed by atoms with E-state index in [4.69, 9.17) is 4.74 Å². The van der Waals surface area contributed by atoms with Gasteiger partial charge in [-0.15, -0.1) is 0 Å². The quantitative estimate of drug-likeness (QED) is 0.552. The van der Waals surface area contributed by atoms with E-state index in [1.54, 1.807) is 7.11 Å². The number of methoxy groups -OCH3 is 1. The maximum absolute atomic E-state index is 5.23. The Morgan fingerprint density at radius 2 is 2.08 bits per heavy atom. The molecule has 2 unspecified atom stereocenters. The molecule has 0 aliphatic carbocycles. The van der Waals surface area contributed by atoms with Gasteiger partial charge in [0, 0.05) is 26.7 Å². The molecule has 1 fully saturated rings. The molecule has 5 heteroatoms. The number of benzene rings is 1. The average Bonchev–Trinajstić information content (AvgIpc) is 2.70. The minimum atomic E-state index is 0.503. The third-order valence-corrected chi connectivity index (χ3v) is 5.39. The van der Waals surface area contributed by atoms with Crippen molar-refractivity contribution in [3.05, 3.63) is 29.8 Å². The zero-order valence-corrected chi connectivity index (χ0v) is 16.9. The van der Waals surface area contributed by atoms with Gasteiger partial charge in [-0.25, -0.2) is 0 Å². The number of nitrogens with zero attached hydrogens (tertiary/aromatic N) is 2. The van der Waals surface area contributed by atoms with Gasteiger partial charge in [-0.1, -0.05) is 26.0 Å². The van der Waals surface area contributed by atoms with Crippen molar-refractivity contribution in [3.8, 4) is 5.75 Å². The molecule has 0 amide bonds. The van der Waals surface area contributed by atoms with Crippen LogP contribution < -0.4 is 15.4 Å². The lowest BCUT2D eigenvalue weighted by Gasteiger charge is -2.32. The van der Waals surface area contributed by atoms with Crippen LogP contribution in [0.5, 0.6) is 5.75 Å². The van der Waals surface area contributed by atoms with Crippen LogP contribution in [0.2, 0.25) is 0 Å². The van der Waals surface area contributed by atoms with Gasteiger partial charge in [0.1, 0.15) is 5.75 Å². The minimum absolute atomic E-state index is 0.503. The summed E-state index contributed by atoms with van der Waals surface area (Å²) in [5.74, 6) is 3.05. The summed E-state index contributed by atoms with van der Waals surface area (Å²) in [4.78, 5) is 6.91. The molecule has 26 heavy (non-hydrogen) atoms. The Bertz CT molecular complexity index is 543. The van der Waals surface area contributed by atoms with Crippen LogP contribution in [-0.2, 0) is 0 Å². The van der Waals surface area contributed by atoms with Gasteiger partial charge in [-0.05, 0) is 61.9 Å². The normalized spacial score (nSPS) is 19.8. The molecule has 2 rings (SSSR count). The Kier molecular flexibility index (Phi) is 8.75. The molecule has 1 aromatic rings. The van der Waals surface area contributed by atoms with Gasteiger partial charge in [0.15, 0.2) is 5.96 Å². The van der Waals surface area contributed by atoms with E-state index in [0.717, 1.165) is 43.7 Å². The molecule has 0 radical (unpaired) electrons. The molecule has 2 atom stereocenters. The summed E-state index contributed by atoms with van der Waals surface area (Å²) in [5, 5.41) is 6.97. The smallest absolute Gasteiger partial charge is 0.190 e. The fourth-order valence-electron chi connectivity index (χ4n) is 3.57. The second-order valence-corrected chi connectivity index (χ2v) is 7.24. The molecule has 5 nitrogen and oxygen atoms in total. The fourth-order valence-corrected chi connectivity index (χ4v) is 3.57. The van der Waals surface area contributed by atoms with Gasteiger partial charge in [0.05, 0.1) is 7.11 Å². The first-order chi connectivity index (χ1) is 12.7. The second kappa shape index (κ2) is 11.1. The SMILES string of the molecule is CCN1CCCC(CNC(=NC)NCCC(C)c2ccc(OC)cc2)C1. The molecule has 1 aromatic carbocycles. The lowest BCUT2D eigenvalue weighted by atomic mass is 9.98. The molecule has 0 bridgehead atoms. The van der Waals surface area contributed by atoms with Crippen molar-refractivity contribution in [2.45, 2.75) is 39.0 Å². The maximum atomic E-state index is 5.23. The van der Waals surface area contributed by atoms with E-state index >= 15 is 0 Å². The number of aliphatic imine (C=N–C) groups is 1. The first-order valence-corrected chi connectivity index (χ1v) is 9.97. The van der Waals surface area contributed by atoms with Gasteiger partial charge in [-0.2, -0.15) is 0 Å².